The summed E-state index contributed by atoms with van der Waals surface area (Å²) < 4.78 is 26.6. The molecule has 126 valence electrons. The van der Waals surface area contributed by atoms with E-state index in [0.717, 1.165) is 7.11 Å². The number of hydrogen-bond donors (Lipinski definition) is 2. The molecule has 2 amide bonds. The van der Waals surface area contributed by atoms with Crippen LogP contribution in [0, 0.1) is 11.6 Å². The Kier molecular flexibility index (Phi) is 5.25. The van der Waals surface area contributed by atoms with Gasteiger partial charge in [-0.3, -0.25) is 9.59 Å². The quantitative estimate of drug-likeness (QED) is 0.893. The fourth-order valence-electron chi connectivity index (χ4n) is 2.71. The maximum Gasteiger partial charge on any atom is 0.239 e. The fraction of sp³-hybridized carbons (Fsp3) is 0.176. The van der Waals surface area contributed by atoms with Crippen molar-refractivity contribution in [1.82, 2.24) is 0 Å². The zero-order chi connectivity index (χ0) is 17.9. The highest BCUT2D eigenvalue weighted by molar-refractivity contribution is 6.09. The summed E-state index contributed by atoms with van der Waals surface area (Å²) in [4.78, 5) is 25.0. The predicted molar refractivity (Wildman–Crippen MR) is 84.3 cm³/mol. The van der Waals surface area contributed by atoms with Gasteiger partial charge in [0.25, 0.3) is 0 Å². The van der Waals surface area contributed by atoms with Crippen LogP contribution in [0.3, 0.4) is 0 Å². The van der Waals surface area contributed by atoms with Gasteiger partial charge in [-0.25, -0.2) is 8.78 Å². The van der Waals surface area contributed by atoms with Gasteiger partial charge in [0.05, 0.1) is 5.92 Å². The number of carbonyl (C=O) groups is 2. The van der Waals surface area contributed by atoms with Crippen molar-refractivity contribution >= 4 is 17.5 Å². The number of amides is 2. The topological polar surface area (TPSA) is 83.6 Å². The van der Waals surface area contributed by atoms with Crippen molar-refractivity contribution in [1.29, 1.82) is 0 Å². The SMILES string of the molecule is CO.NC(=O)CN1C(=O)C(c2ccc(F)cc2)c2cc(F)ccc21. The fourth-order valence-corrected chi connectivity index (χ4v) is 2.71. The highest BCUT2D eigenvalue weighted by atomic mass is 19.1. The van der Waals surface area contributed by atoms with Gasteiger partial charge in [-0.1, -0.05) is 12.1 Å². The molecule has 1 atom stereocenters. The molecule has 7 heteroatoms. The van der Waals surface area contributed by atoms with Crippen LogP contribution in [0.2, 0.25) is 0 Å². The van der Waals surface area contributed by atoms with Crippen LogP contribution in [0.25, 0.3) is 0 Å². The number of hydrogen-bond acceptors (Lipinski definition) is 3. The largest absolute Gasteiger partial charge is 0.400 e. The number of rotatable bonds is 3. The van der Waals surface area contributed by atoms with E-state index in [0.29, 0.717) is 16.8 Å². The molecular weight excluding hydrogens is 318 g/mol. The van der Waals surface area contributed by atoms with Crippen LogP contribution in [-0.2, 0) is 9.59 Å². The van der Waals surface area contributed by atoms with Crippen LogP contribution >= 0.6 is 0 Å². The molecule has 1 aliphatic rings. The zero-order valence-corrected chi connectivity index (χ0v) is 12.9. The Labute approximate surface area is 137 Å². The Hall–Kier alpha value is -2.80. The maximum absolute atomic E-state index is 13.6. The van der Waals surface area contributed by atoms with Crippen LogP contribution < -0.4 is 10.6 Å². The van der Waals surface area contributed by atoms with Gasteiger partial charge in [-0.05, 0) is 41.5 Å². The molecular formula is C17H16F2N2O3. The number of halogens is 2. The second-order valence-electron chi connectivity index (χ2n) is 5.08. The lowest BCUT2D eigenvalue weighted by Crippen LogP contribution is -2.37. The van der Waals surface area contributed by atoms with Crippen molar-refractivity contribution in [3.8, 4) is 0 Å². The van der Waals surface area contributed by atoms with Crippen molar-refractivity contribution in [2.75, 3.05) is 18.6 Å². The van der Waals surface area contributed by atoms with E-state index in [2.05, 4.69) is 0 Å². The van der Waals surface area contributed by atoms with Crippen LogP contribution in [0.5, 0.6) is 0 Å². The Morgan fingerprint density at radius 3 is 2.29 bits per heavy atom. The first-order chi connectivity index (χ1) is 11.5. The predicted octanol–water partition coefficient (Wildman–Crippen LogP) is 1.54. The molecule has 0 saturated heterocycles. The molecule has 1 aliphatic heterocycles. The van der Waals surface area contributed by atoms with E-state index in [1.54, 1.807) is 0 Å². The van der Waals surface area contributed by atoms with Gasteiger partial charge in [0.1, 0.15) is 18.2 Å². The molecule has 0 aromatic heterocycles. The van der Waals surface area contributed by atoms with Crippen molar-refractivity contribution in [3.63, 3.8) is 0 Å². The van der Waals surface area contributed by atoms with E-state index in [1.165, 1.54) is 47.4 Å². The molecule has 0 saturated carbocycles. The summed E-state index contributed by atoms with van der Waals surface area (Å²) in [5, 5.41) is 7.00. The summed E-state index contributed by atoms with van der Waals surface area (Å²) >= 11 is 0. The lowest BCUT2D eigenvalue weighted by atomic mass is 9.92. The monoisotopic (exact) mass is 334 g/mol. The number of aliphatic hydroxyl groups is 1. The highest BCUT2D eigenvalue weighted by Crippen LogP contribution is 2.41. The molecule has 3 N–H and O–H groups in total. The van der Waals surface area contributed by atoms with Gasteiger partial charge < -0.3 is 15.7 Å². The third kappa shape index (κ3) is 3.26. The third-order valence-electron chi connectivity index (χ3n) is 3.62. The number of primary amides is 1. The van der Waals surface area contributed by atoms with Gasteiger partial charge in [0.2, 0.25) is 11.8 Å². The molecule has 5 nitrogen and oxygen atoms in total. The summed E-state index contributed by atoms with van der Waals surface area (Å²) in [6.07, 6.45) is 0. The minimum absolute atomic E-state index is 0.283. The first-order valence-corrected chi connectivity index (χ1v) is 7.06. The molecule has 0 aliphatic carbocycles. The lowest BCUT2D eigenvalue weighted by Gasteiger charge is -2.16. The Morgan fingerprint density at radius 1 is 1.12 bits per heavy atom. The number of anilines is 1. The highest BCUT2D eigenvalue weighted by Gasteiger charge is 2.39. The second-order valence-corrected chi connectivity index (χ2v) is 5.08. The minimum atomic E-state index is -0.773. The van der Waals surface area contributed by atoms with E-state index in [9.17, 15) is 18.4 Å². The number of nitrogens with zero attached hydrogens (tertiary/aromatic N) is 1. The normalized spacial score (nSPS) is 15.6. The van der Waals surface area contributed by atoms with Gasteiger partial charge in [-0.2, -0.15) is 0 Å². The molecule has 1 unspecified atom stereocenters. The molecule has 1 heterocycles. The van der Waals surface area contributed by atoms with Gasteiger partial charge in [0.15, 0.2) is 0 Å². The summed E-state index contributed by atoms with van der Waals surface area (Å²) in [5.41, 5.74) is 6.59. The molecule has 0 spiro atoms. The van der Waals surface area contributed by atoms with Crippen molar-refractivity contribution in [2.24, 2.45) is 5.73 Å². The average molecular weight is 334 g/mol. The van der Waals surface area contributed by atoms with Gasteiger partial charge >= 0.3 is 0 Å². The molecule has 3 rings (SSSR count). The first kappa shape index (κ1) is 17.6. The Morgan fingerprint density at radius 2 is 1.71 bits per heavy atom. The van der Waals surface area contributed by atoms with Gasteiger partial charge in [0, 0.05) is 12.8 Å². The summed E-state index contributed by atoms with van der Waals surface area (Å²) in [5.74, 6) is -2.73. The molecule has 2 aromatic carbocycles. The molecule has 2 aromatic rings. The maximum atomic E-state index is 13.6. The van der Waals surface area contributed by atoms with E-state index < -0.39 is 23.5 Å². The number of fused-ring (bicyclic) bond motifs is 1. The van der Waals surface area contributed by atoms with Crippen LogP contribution in [0.15, 0.2) is 42.5 Å². The second kappa shape index (κ2) is 7.18. The zero-order valence-electron chi connectivity index (χ0n) is 12.9. The number of carbonyl (C=O) groups excluding carboxylic acids is 2. The van der Waals surface area contributed by atoms with Crippen molar-refractivity contribution in [2.45, 2.75) is 5.92 Å². The van der Waals surface area contributed by atoms with E-state index >= 15 is 0 Å². The third-order valence-corrected chi connectivity index (χ3v) is 3.62. The van der Waals surface area contributed by atoms with E-state index in [1.807, 2.05) is 0 Å². The number of nitrogens with two attached hydrogens (primary N) is 1. The smallest absolute Gasteiger partial charge is 0.239 e. The molecule has 0 bridgehead atoms. The van der Waals surface area contributed by atoms with E-state index in [-0.39, 0.29) is 12.5 Å². The van der Waals surface area contributed by atoms with Crippen molar-refractivity contribution in [3.05, 3.63) is 65.2 Å². The van der Waals surface area contributed by atoms with Crippen LogP contribution in [0.4, 0.5) is 14.5 Å². The molecule has 24 heavy (non-hydrogen) atoms. The Balaban J connectivity index is 0.00000100. The van der Waals surface area contributed by atoms with E-state index in [4.69, 9.17) is 10.8 Å². The number of benzene rings is 2. The van der Waals surface area contributed by atoms with Gasteiger partial charge in [-0.15, -0.1) is 0 Å². The Bertz CT molecular complexity index is 763. The minimum Gasteiger partial charge on any atom is -0.400 e. The van der Waals surface area contributed by atoms with Crippen LogP contribution in [0.1, 0.15) is 17.0 Å². The first-order valence-electron chi connectivity index (χ1n) is 7.06. The standard InChI is InChI=1S/C16H12F2N2O2.CH4O/c17-10-3-1-9(2-4-10)15-12-7-11(18)5-6-13(12)20(16(15)22)8-14(19)21;1-2/h1-7,15H,8H2,(H2,19,21);2H,1H3. The molecule has 0 fully saturated rings. The average Bonchev–Trinajstić information content (AvgIpc) is 2.81. The number of aliphatic hydroxyl groups excluding tert-OH is 1. The van der Waals surface area contributed by atoms with Crippen molar-refractivity contribution < 1.29 is 23.5 Å². The summed E-state index contributed by atoms with van der Waals surface area (Å²) in [7, 11) is 1.00. The van der Waals surface area contributed by atoms with Crippen LogP contribution in [-0.4, -0.2) is 30.6 Å². The molecule has 0 radical (unpaired) electrons. The lowest BCUT2D eigenvalue weighted by molar-refractivity contribution is -0.122. The summed E-state index contributed by atoms with van der Waals surface area (Å²) in [6.45, 7) is -0.283. The summed E-state index contributed by atoms with van der Waals surface area (Å²) in [6, 6.07) is 9.32.